The number of carbonyl (C=O) groups excluding carboxylic acids is 1. The number of fused-ring (bicyclic) bond motifs is 2. The number of amides is 1. The molecule has 5 heterocycles. The van der Waals surface area contributed by atoms with Crippen LogP contribution in [0.4, 0.5) is 13.2 Å². The molecule has 0 radical (unpaired) electrons. The lowest BCUT2D eigenvalue weighted by atomic mass is 9.99. The van der Waals surface area contributed by atoms with Crippen LogP contribution in [0.25, 0.3) is 22.3 Å². The van der Waals surface area contributed by atoms with Crippen LogP contribution in [-0.4, -0.2) is 66.0 Å². The van der Waals surface area contributed by atoms with Crippen molar-refractivity contribution < 1.29 is 22.5 Å². The minimum atomic E-state index is -4.43. The summed E-state index contributed by atoms with van der Waals surface area (Å²) in [6, 6.07) is 14.7. The van der Waals surface area contributed by atoms with E-state index >= 15 is 0 Å². The maximum absolute atomic E-state index is 13.3. The van der Waals surface area contributed by atoms with Crippen LogP contribution < -0.4 is 5.69 Å². The quantitative estimate of drug-likeness (QED) is 0.234. The Morgan fingerprint density at radius 3 is 2.40 bits per heavy atom. The number of alkyl halides is 3. The van der Waals surface area contributed by atoms with Crippen molar-refractivity contribution in [3.05, 3.63) is 93.4 Å². The molecule has 0 atom stereocenters. The van der Waals surface area contributed by atoms with Gasteiger partial charge < -0.3 is 14.3 Å². The van der Waals surface area contributed by atoms with Crippen molar-refractivity contribution in [3.63, 3.8) is 0 Å². The number of rotatable bonds is 7. The first-order chi connectivity index (χ1) is 22.6. The number of piperidine rings is 1. The average molecular weight is 648 g/mol. The van der Waals surface area contributed by atoms with Crippen molar-refractivity contribution in [2.45, 2.75) is 57.9 Å². The van der Waals surface area contributed by atoms with Crippen LogP contribution in [0.15, 0.2) is 63.9 Å². The lowest BCUT2D eigenvalue weighted by Gasteiger charge is -2.32. The fourth-order valence-electron chi connectivity index (χ4n) is 7.04. The van der Waals surface area contributed by atoms with E-state index in [2.05, 4.69) is 10.1 Å². The van der Waals surface area contributed by atoms with Gasteiger partial charge in [-0.05, 0) is 57.0 Å². The summed E-state index contributed by atoms with van der Waals surface area (Å²) in [6.07, 6.45) is -1.26. The number of nitrogens with zero attached hydrogens (tertiary/aromatic N) is 7. The molecule has 2 aliphatic heterocycles. The molecule has 1 fully saturated rings. The first-order valence-corrected chi connectivity index (χ1v) is 16.0. The van der Waals surface area contributed by atoms with Gasteiger partial charge in [0, 0.05) is 68.6 Å². The minimum Gasteiger partial charge on any atom is -0.361 e. The smallest absolute Gasteiger partial charge is 0.361 e. The molecular formula is C34H36F3N7O3. The maximum Gasteiger partial charge on any atom is 0.416 e. The maximum atomic E-state index is 13.3. The molecule has 5 aromatic rings. The van der Waals surface area contributed by atoms with Crippen molar-refractivity contribution in [1.82, 2.24) is 33.9 Å². The zero-order valence-electron chi connectivity index (χ0n) is 26.3. The summed E-state index contributed by atoms with van der Waals surface area (Å²) in [4.78, 5) is 30.3. The Labute approximate surface area is 269 Å². The summed E-state index contributed by atoms with van der Waals surface area (Å²) >= 11 is 0. The van der Waals surface area contributed by atoms with Crippen molar-refractivity contribution in [1.29, 1.82) is 0 Å². The van der Waals surface area contributed by atoms with Crippen LogP contribution in [0.2, 0.25) is 0 Å². The lowest BCUT2D eigenvalue weighted by Crippen LogP contribution is -2.38. The highest BCUT2D eigenvalue weighted by molar-refractivity contribution is 5.92. The molecule has 0 N–H and O–H groups in total. The molecule has 1 saturated heterocycles. The Balaban J connectivity index is 1.05. The zero-order valence-corrected chi connectivity index (χ0v) is 26.3. The third-order valence-electron chi connectivity index (χ3n) is 9.52. The summed E-state index contributed by atoms with van der Waals surface area (Å²) in [7, 11) is 1.82. The number of imidazole rings is 1. The van der Waals surface area contributed by atoms with E-state index in [1.165, 1.54) is 12.1 Å². The Morgan fingerprint density at radius 2 is 1.72 bits per heavy atom. The number of halogens is 3. The third-order valence-corrected chi connectivity index (χ3v) is 9.52. The summed E-state index contributed by atoms with van der Waals surface area (Å²) in [5.74, 6) is 0.281. The molecule has 7 rings (SSSR count). The Morgan fingerprint density at radius 1 is 1.00 bits per heavy atom. The van der Waals surface area contributed by atoms with Crippen LogP contribution in [0.1, 0.15) is 58.4 Å². The SMILES string of the molecule is Cc1cc(C(=O)N2CCc3c(c(-c4ccc(C(F)(F)F)cc4)nn3CCCN3CCC(n4c(=O)n(C)c5ccccc54)CC3)C2)no1. The molecule has 0 spiro atoms. The fraction of sp³-hybridized carbons (Fsp3) is 0.412. The van der Waals surface area contributed by atoms with Gasteiger partial charge in [-0.3, -0.25) is 18.6 Å². The second-order valence-electron chi connectivity index (χ2n) is 12.5. The molecule has 10 nitrogen and oxygen atoms in total. The van der Waals surface area contributed by atoms with E-state index in [9.17, 15) is 22.8 Å². The minimum absolute atomic E-state index is 0.0216. The van der Waals surface area contributed by atoms with Gasteiger partial charge in [-0.15, -0.1) is 0 Å². The standard InChI is InChI=1S/C34H36F3N7O3/c1-22-20-27(39-47-22)32(45)42-19-14-28-26(21-42)31(23-8-10-24(11-9-23)34(35,36)37)38-43(28)16-5-15-41-17-12-25(13-18-41)44-30-7-4-3-6-29(30)40(2)33(44)46/h3-4,6-11,20,25H,5,12-19,21H2,1-2H3. The van der Waals surface area contributed by atoms with E-state index in [4.69, 9.17) is 9.62 Å². The molecule has 0 bridgehead atoms. The van der Waals surface area contributed by atoms with E-state index in [0.717, 1.165) is 73.3 Å². The fourth-order valence-corrected chi connectivity index (χ4v) is 7.04. The molecule has 0 saturated carbocycles. The molecule has 0 aliphatic carbocycles. The number of benzene rings is 2. The molecule has 13 heteroatoms. The second kappa shape index (κ2) is 12.2. The lowest BCUT2D eigenvalue weighted by molar-refractivity contribution is -0.137. The summed E-state index contributed by atoms with van der Waals surface area (Å²) in [5.41, 5.74) is 4.44. The predicted molar refractivity (Wildman–Crippen MR) is 169 cm³/mol. The summed E-state index contributed by atoms with van der Waals surface area (Å²) < 4.78 is 50.6. The molecule has 1 amide bonds. The molecular weight excluding hydrogens is 611 g/mol. The van der Waals surface area contributed by atoms with Crippen molar-refractivity contribution in [3.8, 4) is 11.3 Å². The third kappa shape index (κ3) is 5.88. The van der Waals surface area contributed by atoms with Gasteiger partial charge >= 0.3 is 11.9 Å². The van der Waals surface area contributed by atoms with E-state index in [1.54, 1.807) is 22.5 Å². The first-order valence-electron chi connectivity index (χ1n) is 16.0. The van der Waals surface area contributed by atoms with Gasteiger partial charge in [0.25, 0.3) is 5.91 Å². The number of carbonyl (C=O) groups is 1. The van der Waals surface area contributed by atoms with Crippen LogP contribution >= 0.6 is 0 Å². The number of para-hydroxylation sites is 2. The number of likely N-dealkylation sites (tertiary alicyclic amines) is 1. The van der Waals surface area contributed by atoms with Gasteiger partial charge in [0.1, 0.15) is 5.76 Å². The average Bonchev–Trinajstić information content (AvgIpc) is 3.74. The predicted octanol–water partition coefficient (Wildman–Crippen LogP) is 5.44. The highest BCUT2D eigenvalue weighted by Crippen LogP contribution is 2.34. The molecule has 246 valence electrons. The Hall–Kier alpha value is -4.65. The van der Waals surface area contributed by atoms with E-state index in [0.29, 0.717) is 36.5 Å². The first kappa shape index (κ1) is 31.0. The van der Waals surface area contributed by atoms with E-state index in [1.807, 2.05) is 40.6 Å². The van der Waals surface area contributed by atoms with Crippen LogP contribution in [0, 0.1) is 6.92 Å². The van der Waals surface area contributed by atoms with Gasteiger partial charge in [0.2, 0.25) is 0 Å². The normalized spacial score (nSPS) is 16.2. The van der Waals surface area contributed by atoms with Crippen molar-refractivity contribution in [2.24, 2.45) is 7.05 Å². The van der Waals surface area contributed by atoms with E-state index < -0.39 is 11.7 Å². The monoisotopic (exact) mass is 647 g/mol. The Bertz CT molecular complexity index is 1980. The Kier molecular flexibility index (Phi) is 8.03. The molecule has 0 unspecified atom stereocenters. The van der Waals surface area contributed by atoms with Crippen molar-refractivity contribution >= 4 is 16.9 Å². The molecule has 47 heavy (non-hydrogen) atoms. The highest BCUT2D eigenvalue weighted by Gasteiger charge is 2.32. The number of hydrogen-bond donors (Lipinski definition) is 0. The number of hydrogen-bond acceptors (Lipinski definition) is 6. The van der Waals surface area contributed by atoms with Gasteiger partial charge in [-0.25, -0.2) is 4.79 Å². The molecule has 3 aromatic heterocycles. The highest BCUT2D eigenvalue weighted by atomic mass is 19.4. The van der Waals surface area contributed by atoms with Gasteiger partial charge in [0.15, 0.2) is 5.69 Å². The molecule has 2 aromatic carbocycles. The van der Waals surface area contributed by atoms with Gasteiger partial charge in [0.05, 0.1) is 28.8 Å². The number of aryl methyl sites for hydroxylation is 3. The van der Waals surface area contributed by atoms with E-state index in [-0.39, 0.29) is 29.9 Å². The van der Waals surface area contributed by atoms with Crippen LogP contribution in [-0.2, 0) is 32.7 Å². The number of aromatic nitrogens is 5. The summed E-state index contributed by atoms with van der Waals surface area (Å²) in [6.45, 7) is 5.73. The van der Waals surface area contributed by atoms with Crippen molar-refractivity contribution in [2.75, 3.05) is 26.2 Å². The van der Waals surface area contributed by atoms with Gasteiger partial charge in [-0.2, -0.15) is 18.3 Å². The van der Waals surface area contributed by atoms with Crippen LogP contribution in [0.5, 0.6) is 0 Å². The van der Waals surface area contributed by atoms with Gasteiger partial charge in [-0.1, -0.05) is 29.4 Å². The zero-order chi connectivity index (χ0) is 32.9. The topological polar surface area (TPSA) is 94.3 Å². The largest absolute Gasteiger partial charge is 0.416 e. The molecule has 2 aliphatic rings. The summed E-state index contributed by atoms with van der Waals surface area (Å²) in [5, 5.41) is 8.78. The second-order valence-corrected chi connectivity index (χ2v) is 12.5. The van der Waals surface area contributed by atoms with Crippen LogP contribution in [0.3, 0.4) is 0 Å².